The van der Waals surface area contributed by atoms with E-state index in [1.54, 1.807) is 6.20 Å². The average Bonchev–Trinajstić information content (AvgIpc) is 2.73. The molecule has 6 heteroatoms. The van der Waals surface area contributed by atoms with E-state index in [2.05, 4.69) is 44.7 Å². The number of aromatic nitrogens is 1. The van der Waals surface area contributed by atoms with E-state index < -0.39 is 0 Å². The third-order valence-electron chi connectivity index (χ3n) is 7.19. The molecule has 1 aliphatic heterocycles. The Morgan fingerprint density at radius 1 is 1.17 bits per heavy atom. The second-order valence-corrected chi connectivity index (χ2v) is 10.0. The molecular weight excluding hydrogens is 445 g/mol. The number of piperazine rings is 1. The minimum atomic E-state index is -0.294. The lowest BCUT2D eigenvalue weighted by molar-refractivity contribution is -0.123. The minimum Gasteiger partial charge on any atom is -0.304 e. The molecule has 1 aromatic heterocycles. The predicted octanol–water partition coefficient (Wildman–Crippen LogP) is 4.69. The van der Waals surface area contributed by atoms with Gasteiger partial charge >= 0.3 is 0 Å². The van der Waals surface area contributed by atoms with E-state index in [1.807, 2.05) is 12.1 Å². The van der Waals surface area contributed by atoms with Crippen LogP contribution in [0.3, 0.4) is 0 Å². The molecule has 1 unspecified atom stereocenters. The van der Waals surface area contributed by atoms with Crippen LogP contribution in [0.1, 0.15) is 38.3 Å². The normalized spacial score (nSPS) is 24.8. The molecule has 1 aromatic carbocycles. The van der Waals surface area contributed by atoms with Crippen LogP contribution in [0.5, 0.6) is 0 Å². The summed E-state index contributed by atoms with van der Waals surface area (Å²) in [6.07, 6.45) is 6.12. The van der Waals surface area contributed by atoms with Gasteiger partial charge in [0.1, 0.15) is 11.6 Å². The highest BCUT2D eigenvalue weighted by Gasteiger charge is 2.32. The molecule has 2 aliphatic rings. The van der Waals surface area contributed by atoms with E-state index in [4.69, 9.17) is 0 Å². The number of pyridine rings is 1. The summed E-state index contributed by atoms with van der Waals surface area (Å²) in [6, 6.07) is 5.77. The number of likely N-dealkylation sites (N-methyl/N-ethyl adjacent to an activating group) is 1. The molecule has 162 valence electrons. The van der Waals surface area contributed by atoms with E-state index in [0.717, 1.165) is 62.9 Å². The number of Topliss-reactive ketones (excluding diaryl/α,β-unsaturated/α-hetero) is 1. The summed E-state index contributed by atoms with van der Waals surface area (Å²) in [5.41, 5.74) is 0.734. The summed E-state index contributed by atoms with van der Waals surface area (Å²) in [5.74, 6) is 0.815. The number of nitrogens with zero attached hydrogens (tertiary/aromatic N) is 3. The minimum absolute atomic E-state index is 0.137. The molecule has 1 saturated heterocycles. The fourth-order valence-electron chi connectivity index (χ4n) is 5.09. The number of fused-ring (bicyclic) bond motifs is 1. The lowest BCUT2D eigenvalue weighted by atomic mass is 9.76. The third-order valence-corrected chi connectivity index (χ3v) is 7.64. The highest BCUT2D eigenvalue weighted by atomic mass is 79.9. The van der Waals surface area contributed by atoms with Crippen molar-refractivity contribution in [3.05, 3.63) is 40.4 Å². The Hall–Kier alpha value is -1.37. The van der Waals surface area contributed by atoms with Gasteiger partial charge in [0.05, 0.1) is 0 Å². The van der Waals surface area contributed by atoms with Gasteiger partial charge in [-0.05, 0) is 69.2 Å². The van der Waals surface area contributed by atoms with Gasteiger partial charge in [0.2, 0.25) is 0 Å². The van der Waals surface area contributed by atoms with Crippen molar-refractivity contribution < 1.29 is 9.18 Å². The zero-order valence-electron chi connectivity index (χ0n) is 17.9. The van der Waals surface area contributed by atoms with Crippen LogP contribution in [0, 0.1) is 17.7 Å². The second-order valence-electron chi connectivity index (χ2n) is 9.12. The second kappa shape index (κ2) is 9.41. The van der Waals surface area contributed by atoms with Crippen molar-refractivity contribution in [3.63, 3.8) is 0 Å². The summed E-state index contributed by atoms with van der Waals surface area (Å²) in [6.45, 7) is 6.98. The zero-order chi connectivity index (χ0) is 21.3. The molecule has 4 nitrogen and oxygen atoms in total. The number of hydrogen-bond donors (Lipinski definition) is 0. The fourth-order valence-corrected chi connectivity index (χ4v) is 5.54. The maximum Gasteiger partial charge on any atom is 0.141 e. The molecule has 0 radical (unpaired) electrons. The summed E-state index contributed by atoms with van der Waals surface area (Å²) in [7, 11) is 2.19. The first-order valence-corrected chi connectivity index (χ1v) is 11.9. The Labute approximate surface area is 187 Å². The molecule has 4 rings (SSSR count). The highest BCUT2D eigenvalue weighted by molar-refractivity contribution is 9.10. The van der Waals surface area contributed by atoms with Gasteiger partial charge in [-0.2, -0.15) is 0 Å². The SMILES string of the molecule is CC(C1CCC(C(=O)Cc2cc3cc(Br)cc(F)c3cn2)CC1)N1CCN(C)CC1. The zero-order valence-corrected chi connectivity index (χ0v) is 19.5. The predicted molar refractivity (Wildman–Crippen MR) is 122 cm³/mol. The van der Waals surface area contributed by atoms with Crippen molar-refractivity contribution in [1.82, 2.24) is 14.8 Å². The van der Waals surface area contributed by atoms with Crippen molar-refractivity contribution in [1.29, 1.82) is 0 Å². The van der Waals surface area contributed by atoms with Gasteiger partial charge in [-0.15, -0.1) is 0 Å². The largest absolute Gasteiger partial charge is 0.304 e. The Balaban J connectivity index is 1.33. The summed E-state index contributed by atoms with van der Waals surface area (Å²) in [4.78, 5) is 22.3. The molecular formula is C24H31BrFN3O. The highest BCUT2D eigenvalue weighted by Crippen LogP contribution is 2.34. The topological polar surface area (TPSA) is 36.4 Å². The first-order valence-electron chi connectivity index (χ1n) is 11.1. The van der Waals surface area contributed by atoms with Crippen molar-refractivity contribution >= 4 is 32.5 Å². The van der Waals surface area contributed by atoms with E-state index in [9.17, 15) is 9.18 Å². The fraction of sp³-hybridized carbons (Fsp3) is 0.583. The Kier molecular flexibility index (Phi) is 6.85. The third kappa shape index (κ3) is 4.92. The average molecular weight is 476 g/mol. The molecule has 1 saturated carbocycles. The van der Waals surface area contributed by atoms with Crippen LogP contribution < -0.4 is 0 Å². The van der Waals surface area contributed by atoms with Crippen LogP contribution in [0.2, 0.25) is 0 Å². The maximum absolute atomic E-state index is 14.0. The number of hydrogen-bond acceptors (Lipinski definition) is 4. The first-order chi connectivity index (χ1) is 14.4. The van der Waals surface area contributed by atoms with Crippen LogP contribution in [-0.2, 0) is 11.2 Å². The number of carbonyl (C=O) groups is 1. The Morgan fingerprint density at radius 3 is 2.57 bits per heavy atom. The van der Waals surface area contributed by atoms with Gasteiger partial charge in [-0.1, -0.05) is 15.9 Å². The molecule has 1 atom stereocenters. The lowest BCUT2D eigenvalue weighted by Gasteiger charge is -2.41. The smallest absolute Gasteiger partial charge is 0.141 e. The summed E-state index contributed by atoms with van der Waals surface area (Å²) in [5, 5.41) is 1.28. The van der Waals surface area contributed by atoms with E-state index in [1.165, 1.54) is 6.07 Å². The van der Waals surface area contributed by atoms with Crippen LogP contribution in [0.4, 0.5) is 4.39 Å². The van der Waals surface area contributed by atoms with E-state index >= 15 is 0 Å². The van der Waals surface area contributed by atoms with Crippen LogP contribution in [0.15, 0.2) is 28.9 Å². The van der Waals surface area contributed by atoms with E-state index in [0.29, 0.717) is 28.2 Å². The number of rotatable bonds is 5. The van der Waals surface area contributed by atoms with Crippen molar-refractivity contribution in [2.75, 3.05) is 33.2 Å². The number of carbonyl (C=O) groups excluding carboxylic acids is 1. The molecule has 0 spiro atoms. The van der Waals surface area contributed by atoms with Crippen molar-refractivity contribution in [2.45, 2.75) is 45.1 Å². The lowest BCUT2D eigenvalue weighted by Crippen LogP contribution is -2.50. The van der Waals surface area contributed by atoms with Gasteiger partial charge in [-0.25, -0.2) is 4.39 Å². The van der Waals surface area contributed by atoms with Gasteiger partial charge in [0.25, 0.3) is 0 Å². The van der Waals surface area contributed by atoms with E-state index in [-0.39, 0.29) is 17.5 Å². The molecule has 1 aliphatic carbocycles. The standard InChI is InChI=1S/C24H31BrFN3O/c1-16(29-9-7-28(2)8-10-29)17-3-5-18(6-4-17)24(30)14-21-12-19-11-20(25)13-23(26)22(19)15-27-21/h11-13,15-18H,3-10,14H2,1-2H3. The molecule has 0 bridgehead atoms. The van der Waals surface area contributed by atoms with Crippen LogP contribution in [-0.4, -0.2) is 59.8 Å². The molecule has 30 heavy (non-hydrogen) atoms. The van der Waals surface area contributed by atoms with Gasteiger partial charge in [0.15, 0.2) is 0 Å². The van der Waals surface area contributed by atoms with Gasteiger partial charge < -0.3 is 4.90 Å². The quantitative estimate of drug-likeness (QED) is 0.628. The monoisotopic (exact) mass is 475 g/mol. The van der Waals surface area contributed by atoms with Gasteiger partial charge in [0, 0.05) is 66.3 Å². The summed E-state index contributed by atoms with van der Waals surface area (Å²) < 4.78 is 14.7. The van der Waals surface area contributed by atoms with Crippen molar-refractivity contribution in [2.24, 2.45) is 11.8 Å². The van der Waals surface area contributed by atoms with Gasteiger partial charge in [-0.3, -0.25) is 14.7 Å². The molecule has 2 fully saturated rings. The number of halogens is 2. The number of benzene rings is 1. The molecule has 0 N–H and O–H groups in total. The molecule has 0 amide bonds. The van der Waals surface area contributed by atoms with Crippen LogP contribution in [0.25, 0.3) is 10.8 Å². The number of ketones is 1. The summed E-state index contributed by atoms with van der Waals surface area (Å²) >= 11 is 3.34. The van der Waals surface area contributed by atoms with Crippen molar-refractivity contribution in [3.8, 4) is 0 Å². The maximum atomic E-state index is 14.0. The molecule has 2 heterocycles. The molecule has 2 aromatic rings. The Bertz CT molecular complexity index is 905. The Morgan fingerprint density at radius 2 is 1.87 bits per heavy atom. The first kappa shape index (κ1) is 21.8. The van der Waals surface area contributed by atoms with Crippen LogP contribution >= 0.6 is 15.9 Å².